The number of ether oxygens (including phenoxy) is 4. The number of aryl methyl sites for hydroxylation is 8. The van der Waals surface area contributed by atoms with E-state index >= 15 is 0 Å². The smallest absolute Gasteiger partial charge is 2.00 e. The SMILES string of the molecule is Cc1cc[c]([Bi]2[c]3[c-]c(-c4[c-]c(Oc5cc(C)ccn5)ccc4)ccc3-c3cccc[c]32)nc1.Cc1ccn[c]([Bi]2[c]3[c-]c(-c4[c-]c(Oc5ncccc5C)ccc4)ccc3-c3cccc[c]32)c1.Cc1ccnc(Oc2[c-]c(-c3[c-][c]4c(cc3)-c3cccc[c]3[Bi]4[c]3cccc(C)n3)ccc2)c1.Cc1ccnc(Oc2[c-]c(-c3[c-][c]4c(cc3)-c3cccc[c]3[Bi]4[c]3ncccc3C)ccc2)c1.[Pt+2].[Pt+2].[Pt+2].[Pt+2]. The number of fused-ring (bicyclic) bond motifs is 12. The molecule has 0 aliphatic carbocycles. The molecule has 24 rings (SSSR count). The molecule has 12 aromatic carbocycles. The van der Waals surface area contributed by atoms with Crippen molar-refractivity contribution in [3.05, 3.63) is 458 Å². The molecule has 0 saturated carbocycles. The fraction of sp³-hybridized carbons (Fsp3) is 0.0667. The molecule has 0 atom stereocenters. The Balaban J connectivity index is 0.000000128. The zero-order chi connectivity index (χ0) is 92.3. The Morgan fingerprint density at radius 2 is 0.571 bits per heavy atom. The molecule has 20 heteroatoms. The van der Waals surface area contributed by atoms with E-state index in [4.69, 9.17) is 38.9 Å². The Morgan fingerprint density at radius 1 is 0.221 bits per heavy atom. The fourth-order valence-corrected chi connectivity index (χ4v) is 56.8. The Bertz CT molecular complexity index is 7970. The summed E-state index contributed by atoms with van der Waals surface area (Å²) in [6, 6.07) is 140. The first-order valence-corrected chi connectivity index (χ1v) is 65.6. The number of rotatable bonds is 16. The van der Waals surface area contributed by atoms with Crippen LogP contribution >= 0.6 is 0 Å². The molecule has 12 nitrogen and oxygen atoms in total. The summed E-state index contributed by atoms with van der Waals surface area (Å²) in [6.07, 6.45) is 12.9. The molecule has 140 heavy (non-hydrogen) atoms. The van der Waals surface area contributed by atoms with Crippen LogP contribution in [0.1, 0.15) is 44.6 Å². The van der Waals surface area contributed by atoms with Crippen molar-refractivity contribution in [3.8, 4) is 136 Å². The molecule has 0 bridgehead atoms. The third kappa shape index (κ3) is 22.1. The van der Waals surface area contributed by atoms with Gasteiger partial charge in [0.2, 0.25) is 0 Å². The van der Waals surface area contributed by atoms with Crippen molar-refractivity contribution >= 4 is 127 Å². The van der Waals surface area contributed by atoms with Gasteiger partial charge in [-0.3, -0.25) is 0 Å². The van der Waals surface area contributed by atoms with Gasteiger partial charge in [0, 0.05) is 0 Å². The predicted octanol–water partition coefficient (Wildman–Crippen LogP) is 18.6. The predicted molar refractivity (Wildman–Crippen MR) is 551 cm³/mol. The van der Waals surface area contributed by atoms with Crippen molar-refractivity contribution in [2.45, 2.75) is 55.4 Å². The molecule has 0 spiro atoms. The molecule has 4 aliphatic heterocycles. The summed E-state index contributed by atoms with van der Waals surface area (Å²) in [5.74, 6) is 4.91. The van der Waals surface area contributed by atoms with E-state index in [1.54, 1.807) is 24.8 Å². The van der Waals surface area contributed by atoms with Crippen molar-refractivity contribution in [2.24, 2.45) is 0 Å². The monoisotopic (exact) mass is 3320 g/mol. The second-order valence-electron chi connectivity index (χ2n) is 33.4. The third-order valence-corrected chi connectivity index (χ3v) is 61.4. The number of hydrogen-bond donors (Lipinski definition) is 0. The first kappa shape index (κ1) is 101. The molecule has 0 fully saturated rings. The van der Waals surface area contributed by atoms with Crippen LogP contribution in [-0.2, 0) is 84.3 Å². The minimum atomic E-state index is -2.55. The molecule has 0 unspecified atom stereocenters. The van der Waals surface area contributed by atoms with Crippen LogP contribution in [0.5, 0.6) is 46.5 Å². The van der Waals surface area contributed by atoms with E-state index in [0.717, 1.165) is 72.5 Å². The van der Waals surface area contributed by atoms with Crippen molar-refractivity contribution in [3.63, 3.8) is 0 Å². The van der Waals surface area contributed by atoms with E-state index in [1.165, 1.54) is 101 Å². The van der Waals surface area contributed by atoms with Crippen LogP contribution < -0.4 is 58.7 Å². The maximum absolute atomic E-state index is 6.04. The van der Waals surface area contributed by atoms with Crippen molar-refractivity contribution < 1.29 is 103 Å². The minimum absolute atomic E-state index is 0. The van der Waals surface area contributed by atoms with Gasteiger partial charge in [0.25, 0.3) is 0 Å². The number of benzene rings is 12. The van der Waals surface area contributed by atoms with Crippen molar-refractivity contribution in [1.29, 1.82) is 0 Å². The molecular formula is C120H84Bi4N8O4Pt4. The van der Waals surface area contributed by atoms with Crippen LogP contribution in [0.3, 0.4) is 0 Å². The van der Waals surface area contributed by atoms with Gasteiger partial charge in [0.05, 0.1) is 0 Å². The van der Waals surface area contributed by atoms with Crippen LogP contribution in [0.4, 0.5) is 0 Å². The van der Waals surface area contributed by atoms with Crippen LogP contribution in [0, 0.1) is 104 Å². The number of pyridine rings is 8. The topological polar surface area (TPSA) is 140 Å². The summed E-state index contributed by atoms with van der Waals surface area (Å²) in [5, 5.41) is 0. The summed E-state index contributed by atoms with van der Waals surface area (Å²) >= 11 is -10.1. The van der Waals surface area contributed by atoms with E-state index in [-0.39, 0.29) is 84.3 Å². The van der Waals surface area contributed by atoms with Gasteiger partial charge in [0.15, 0.2) is 0 Å². The Hall–Kier alpha value is -10.7. The molecular weight excluding hydrogens is 3230 g/mol. The minimum Gasteiger partial charge on any atom is 2.00 e. The van der Waals surface area contributed by atoms with Crippen LogP contribution in [0.2, 0.25) is 0 Å². The summed E-state index contributed by atoms with van der Waals surface area (Å²) in [6.45, 7) is 16.5. The Morgan fingerprint density at radius 3 is 0.957 bits per heavy atom. The molecule has 20 aromatic rings. The second kappa shape index (κ2) is 45.7. The number of aromatic nitrogens is 8. The molecule has 0 radical (unpaired) electrons. The molecule has 8 aromatic heterocycles. The molecule has 4 aliphatic rings. The van der Waals surface area contributed by atoms with Gasteiger partial charge in [-0.2, -0.15) is 0 Å². The van der Waals surface area contributed by atoms with E-state index < -0.39 is 87.0 Å². The van der Waals surface area contributed by atoms with Gasteiger partial charge < -0.3 is 0 Å². The van der Waals surface area contributed by atoms with Gasteiger partial charge in [-0.25, -0.2) is 0 Å². The Kier molecular flexibility index (Phi) is 32.9. The summed E-state index contributed by atoms with van der Waals surface area (Å²) in [7, 11) is 0. The van der Waals surface area contributed by atoms with Gasteiger partial charge in [-0.1, -0.05) is 0 Å². The first-order chi connectivity index (χ1) is 66.6. The van der Waals surface area contributed by atoms with Crippen LogP contribution in [0.25, 0.3) is 89.0 Å². The maximum atomic E-state index is 6.04. The van der Waals surface area contributed by atoms with E-state index in [9.17, 15) is 0 Å². The van der Waals surface area contributed by atoms with Crippen molar-refractivity contribution in [1.82, 2.24) is 39.9 Å². The quantitative estimate of drug-likeness (QED) is 0.0672. The summed E-state index contributed by atoms with van der Waals surface area (Å²) < 4.78 is 40.4. The normalized spacial score (nSPS) is 11.9. The molecule has 12 heterocycles. The van der Waals surface area contributed by atoms with Gasteiger partial charge in [-0.15, -0.1) is 0 Å². The third-order valence-electron chi connectivity index (χ3n) is 23.6. The number of nitrogens with zero attached hydrogens (tertiary/aromatic N) is 8. The fourth-order valence-electron chi connectivity index (χ4n) is 17.1. The standard InChI is InChI=1S/4C24H15NO.4C6H6N.4Bi.4Pt/c1-18-7-6-16-25-24(18)26-23-11-5-10-22(17-23)21-14-12-20(13-15-21)19-8-3-2-4-9-19;3*1-18-14-15-25-24(16-18)26-23-9-5-8-22(17-23)21-12-10-20(11-13-21)19-6-3-2-4-7-19;1-6-2-4-7-5-3-6;2*1-6-3-2-4-7-5-6;1-6-4-2-3-5-7-6;;;;;;;;/h2-8,10-12,14,16H,1H3;3*2-6,8-10,12,14-16H,1H3;2-4H,1H3;2-3,5H,1H3;2*2-4H,1H3;;;;;;;;/q4*-2;;;;;;;;;4*+2. The van der Waals surface area contributed by atoms with Gasteiger partial charge in [-0.05, 0) is 0 Å². The molecule has 0 N–H and O–H groups in total. The van der Waals surface area contributed by atoms with Crippen LogP contribution in [-0.4, -0.2) is 127 Å². The molecule has 0 amide bonds. The van der Waals surface area contributed by atoms with E-state index in [0.29, 0.717) is 46.5 Å². The van der Waals surface area contributed by atoms with Crippen molar-refractivity contribution in [2.75, 3.05) is 0 Å². The largest absolute Gasteiger partial charge is 2.00 e. The zero-order valence-corrected chi connectivity index (χ0v) is 99.9. The summed E-state index contributed by atoms with van der Waals surface area (Å²) in [5.41, 5.74) is 27.6. The zero-order valence-electron chi connectivity index (χ0n) is 76.9. The Labute approximate surface area is 907 Å². The second-order valence-corrected chi connectivity index (χ2v) is 65.2. The van der Waals surface area contributed by atoms with Gasteiger partial charge in [0.1, 0.15) is 0 Å². The van der Waals surface area contributed by atoms with Gasteiger partial charge >= 0.3 is 919 Å². The van der Waals surface area contributed by atoms with Crippen LogP contribution in [0.15, 0.2) is 365 Å². The molecule has 688 valence electrons. The van der Waals surface area contributed by atoms with E-state index in [2.05, 4.69) is 315 Å². The number of hydrogen-bond acceptors (Lipinski definition) is 12. The summed E-state index contributed by atoms with van der Waals surface area (Å²) in [4.78, 5) is 36.8. The average Bonchev–Trinajstić information content (AvgIpc) is 1.61. The van der Waals surface area contributed by atoms with E-state index in [1.807, 2.05) is 149 Å². The average molecular weight is 3320 g/mol. The first-order valence-electron chi connectivity index (χ1n) is 44.7. The molecule has 0 saturated heterocycles. The maximum Gasteiger partial charge on any atom is 2.00 e.